The van der Waals surface area contributed by atoms with E-state index in [9.17, 15) is 14.0 Å². The van der Waals surface area contributed by atoms with Gasteiger partial charge in [-0.25, -0.2) is 9.37 Å². The molecule has 8 heteroatoms. The number of ether oxygens (including phenoxy) is 1. The van der Waals surface area contributed by atoms with Crippen LogP contribution in [0.4, 0.5) is 10.1 Å². The lowest BCUT2D eigenvalue weighted by Gasteiger charge is -2.14. The average Bonchev–Trinajstić information content (AvgIpc) is 3.46. The third-order valence-electron chi connectivity index (χ3n) is 5.07. The molecule has 2 N–H and O–H groups in total. The van der Waals surface area contributed by atoms with Gasteiger partial charge >= 0.3 is 0 Å². The van der Waals surface area contributed by atoms with Crippen LogP contribution in [0.15, 0.2) is 53.9 Å². The monoisotopic (exact) mass is 439 g/mol. The number of nitrogens with zero attached hydrogens (tertiary/aromatic N) is 1. The Kier molecular flexibility index (Phi) is 6.57. The Hall–Kier alpha value is -3.26. The van der Waals surface area contributed by atoms with E-state index in [0.29, 0.717) is 22.0 Å². The fourth-order valence-corrected chi connectivity index (χ4v) is 4.15. The highest BCUT2D eigenvalue weighted by Gasteiger charge is 2.21. The molecule has 2 aromatic carbocycles. The quantitative estimate of drug-likeness (QED) is 0.555. The van der Waals surface area contributed by atoms with E-state index in [1.165, 1.54) is 35.6 Å². The van der Waals surface area contributed by atoms with Crippen LogP contribution < -0.4 is 15.4 Å². The largest absolute Gasteiger partial charge is 0.486 e. The minimum Gasteiger partial charge on any atom is -0.486 e. The van der Waals surface area contributed by atoms with Gasteiger partial charge in [0.05, 0.1) is 11.3 Å². The van der Waals surface area contributed by atoms with Gasteiger partial charge in [-0.05, 0) is 49.2 Å². The second-order valence-electron chi connectivity index (χ2n) is 7.32. The van der Waals surface area contributed by atoms with Crippen molar-refractivity contribution in [1.82, 2.24) is 10.3 Å². The maximum atomic E-state index is 13.0. The Labute approximate surface area is 183 Å². The van der Waals surface area contributed by atoms with E-state index >= 15 is 0 Å². The number of amides is 2. The number of benzene rings is 2. The van der Waals surface area contributed by atoms with Crippen molar-refractivity contribution in [2.45, 2.75) is 38.3 Å². The van der Waals surface area contributed by atoms with Crippen molar-refractivity contribution in [2.24, 2.45) is 0 Å². The second-order valence-corrected chi connectivity index (χ2v) is 8.27. The van der Waals surface area contributed by atoms with Crippen molar-refractivity contribution in [3.8, 4) is 5.75 Å². The van der Waals surface area contributed by atoms with Crippen LogP contribution >= 0.6 is 11.3 Å². The van der Waals surface area contributed by atoms with Gasteiger partial charge in [-0.1, -0.05) is 25.0 Å². The first-order valence-corrected chi connectivity index (χ1v) is 11.0. The van der Waals surface area contributed by atoms with E-state index in [1.807, 2.05) is 0 Å². The maximum Gasteiger partial charge on any atom is 0.275 e. The summed E-state index contributed by atoms with van der Waals surface area (Å²) < 4.78 is 18.5. The van der Waals surface area contributed by atoms with Crippen molar-refractivity contribution in [3.63, 3.8) is 0 Å². The minimum absolute atomic E-state index is 0.171. The fraction of sp³-hybridized carbons (Fsp3) is 0.261. The van der Waals surface area contributed by atoms with Crippen LogP contribution in [0.25, 0.3) is 0 Å². The van der Waals surface area contributed by atoms with Gasteiger partial charge in [0.25, 0.3) is 11.8 Å². The number of aromatic nitrogens is 1. The normalized spacial score (nSPS) is 13.7. The molecule has 0 radical (unpaired) electrons. The molecule has 0 aliphatic heterocycles. The molecule has 0 saturated heterocycles. The predicted molar refractivity (Wildman–Crippen MR) is 117 cm³/mol. The highest BCUT2D eigenvalue weighted by atomic mass is 32.1. The smallest absolute Gasteiger partial charge is 0.275 e. The molecule has 0 bridgehead atoms. The van der Waals surface area contributed by atoms with Crippen LogP contribution in [0.1, 0.15) is 51.5 Å². The Bertz CT molecular complexity index is 1060. The summed E-state index contributed by atoms with van der Waals surface area (Å²) in [4.78, 5) is 29.6. The Morgan fingerprint density at radius 3 is 2.58 bits per heavy atom. The first-order valence-electron chi connectivity index (χ1n) is 10.1. The van der Waals surface area contributed by atoms with Crippen molar-refractivity contribution < 1.29 is 18.7 Å². The second kappa shape index (κ2) is 9.70. The van der Waals surface area contributed by atoms with Crippen LogP contribution in [-0.2, 0) is 6.61 Å². The molecule has 1 saturated carbocycles. The molecule has 1 aromatic heterocycles. The molecule has 1 aliphatic carbocycles. The molecule has 1 fully saturated rings. The molecule has 6 nitrogen and oxygen atoms in total. The number of nitrogens with one attached hydrogen (secondary N) is 2. The molecule has 0 atom stereocenters. The van der Waals surface area contributed by atoms with Gasteiger partial charge in [-0.3, -0.25) is 9.59 Å². The lowest BCUT2D eigenvalue weighted by Crippen LogP contribution is -2.33. The van der Waals surface area contributed by atoms with E-state index in [-0.39, 0.29) is 30.1 Å². The lowest BCUT2D eigenvalue weighted by atomic mass is 10.1. The SMILES string of the molecule is O=C(Nc1ccccc1C(=O)NC1CCCC1)c1csc(COc2ccc(F)cc2)n1. The third-order valence-corrected chi connectivity index (χ3v) is 5.89. The molecule has 1 aliphatic rings. The third kappa shape index (κ3) is 5.46. The van der Waals surface area contributed by atoms with Gasteiger partial charge in [0.1, 0.15) is 28.9 Å². The molecule has 0 spiro atoms. The zero-order chi connectivity index (χ0) is 21.6. The van der Waals surface area contributed by atoms with Crippen molar-refractivity contribution in [2.75, 3.05) is 5.32 Å². The predicted octanol–water partition coefficient (Wildman–Crippen LogP) is 4.79. The fourth-order valence-electron chi connectivity index (χ4n) is 3.47. The summed E-state index contributed by atoms with van der Waals surface area (Å²) in [7, 11) is 0. The van der Waals surface area contributed by atoms with Crippen molar-refractivity contribution >= 4 is 28.8 Å². The highest BCUT2D eigenvalue weighted by molar-refractivity contribution is 7.09. The number of halogens is 1. The molecule has 3 aromatic rings. The summed E-state index contributed by atoms with van der Waals surface area (Å²) >= 11 is 1.29. The molecule has 4 rings (SSSR count). The van der Waals surface area contributed by atoms with Gasteiger partial charge in [-0.2, -0.15) is 0 Å². The van der Waals surface area contributed by atoms with Gasteiger partial charge in [0.15, 0.2) is 0 Å². The van der Waals surface area contributed by atoms with Crippen LogP contribution in [0.3, 0.4) is 0 Å². The molecular formula is C23H22FN3O3S. The minimum atomic E-state index is -0.398. The first kappa shape index (κ1) is 21.0. The average molecular weight is 440 g/mol. The van der Waals surface area contributed by atoms with E-state index in [0.717, 1.165) is 25.7 Å². The zero-order valence-electron chi connectivity index (χ0n) is 16.8. The van der Waals surface area contributed by atoms with E-state index in [1.54, 1.807) is 29.6 Å². The summed E-state index contributed by atoms with van der Waals surface area (Å²) in [5.74, 6) is -0.401. The summed E-state index contributed by atoms with van der Waals surface area (Å²) in [6, 6.07) is 12.8. The molecule has 1 heterocycles. The van der Waals surface area contributed by atoms with Gasteiger partial charge in [0, 0.05) is 11.4 Å². The number of para-hydroxylation sites is 1. The topological polar surface area (TPSA) is 80.3 Å². The number of rotatable bonds is 7. The molecule has 2 amide bonds. The molecule has 0 unspecified atom stereocenters. The number of hydrogen-bond donors (Lipinski definition) is 2. The van der Waals surface area contributed by atoms with Gasteiger partial charge in [0.2, 0.25) is 0 Å². The molecular weight excluding hydrogens is 417 g/mol. The zero-order valence-corrected chi connectivity index (χ0v) is 17.6. The summed E-state index contributed by atoms with van der Waals surface area (Å²) in [5, 5.41) is 8.08. The number of carbonyl (C=O) groups excluding carboxylic acids is 2. The van der Waals surface area contributed by atoms with Crippen LogP contribution in [-0.4, -0.2) is 22.8 Å². The summed E-state index contributed by atoms with van der Waals surface area (Å²) in [5.41, 5.74) is 1.12. The Morgan fingerprint density at radius 1 is 1.06 bits per heavy atom. The maximum absolute atomic E-state index is 13.0. The highest BCUT2D eigenvalue weighted by Crippen LogP contribution is 2.21. The standard InChI is InChI=1S/C23H22FN3O3S/c24-15-9-11-17(12-10-15)30-13-21-26-20(14-31-21)23(29)27-19-8-4-3-7-18(19)22(28)25-16-5-1-2-6-16/h3-4,7-12,14,16H,1-2,5-6,13H2,(H,25,28)(H,27,29). The molecule has 31 heavy (non-hydrogen) atoms. The summed E-state index contributed by atoms with van der Waals surface area (Å²) in [6.45, 7) is 0.171. The van der Waals surface area contributed by atoms with Gasteiger partial charge < -0.3 is 15.4 Å². The number of thiazole rings is 1. The molecule has 160 valence electrons. The van der Waals surface area contributed by atoms with E-state index in [2.05, 4.69) is 15.6 Å². The summed E-state index contributed by atoms with van der Waals surface area (Å²) in [6.07, 6.45) is 4.23. The van der Waals surface area contributed by atoms with Crippen molar-refractivity contribution in [1.29, 1.82) is 0 Å². The first-order chi connectivity index (χ1) is 15.1. The van der Waals surface area contributed by atoms with E-state index in [4.69, 9.17) is 4.74 Å². The number of carbonyl (C=O) groups is 2. The Morgan fingerprint density at radius 2 is 1.81 bits per heavy atom. The number of hydrogen-bond acceptors (Lipinski definition) is 5. The van der Waals surface area contributed by atoms with Gasteiger partial charge in [-0.15, -0.1) is 11.3 Å². The van der Waals surface area contributed by atoms with Crippen LogP contribution in [0.5, 0.6) is 5.75 Å². The van der Waals surface area contributed by atoms with E-state index < -0.39 is 5.91 Å². The lowest BCUT2D eigenvalue weighted by molar-refractivity contribution is 0.0938. The van der Waals surface area contributed by atoms with Crippen molar-refractivity contribution in [3.05, 3.63) is 76.0 Å². The van der Waals surface area contributed by atoms with Crippen LogP contribution in [0.2, 0.25) is 0 Å². The van der Waals surface area contributed by atoms with Crippen LogP contribution in [0, 0.1) is 5.82 Å². The Balaban J connectivity index is 1.38. The number of anilines is 1.